The lowest BCUT2D eigenvalue weighted by molar-refractivity contribution is -0.116. The third-order valence-corrected chi connectivity index (χ3v) is 6.73. The van der Waals surface area contributed by atoms with E-state index in [9.17, 15) is 13.2 Å². The third kappa shape index (κ3) is 5.42. The highest BCUT2D eigenvalue weighted by atomic mass is 32.2. The molecule has 0 saturated heterocycles. The van der Waals surface area contributed by atoms with Crippen LogP contribution in [0.25, 0.3) is 0 Å². The predicted molar refractivity (Wildman–Crippen MR) is 126 cm³/mol. The summed E-state index contributed by atoms with van der Waals surface area (Å²) in [7, 11) is -3.74. The van der Waals surface area contributed by atoms with E-state index in [0.29, 0.717) is 24.5 Å². The first-order valence-corrected chi connectivity index (χ1v) is 12.1. The second kappa shape index (κ2) is 9.78. The smallest absolute Gasteiger partial charge is 0.262 e. The number of rotatable bonds is 7. The Morgan fingerprint density at radius 2 is 1.56 bits per heavy atom. The minimum Gasteiger partial charge on any atom is -0.326 e. The fourth-order valence-electron chi connectivity index (χ4n) is 3.77. The first kappa shape index (κ1) is 21.8. The number of amidine groups is 1. The average Bonchev–Trinajstić information content (AvgIpc) is 3.31. The molecule has 0 aliphatic carbocycles. The van der Waals surface area contributed by atoms with Gasteiger partial charge in [0.1, 0.15) is 5.84 Å². The second-order valence-corrected chi connectivity index (χ2v) is 9.37. The highest BCUT2D eigenvalue weighted by Crippen LogP contribution is 2.28. The normalized spacial score (nSPS) is 13.6. The Labute approximate surface area is 188 Å². The van der Waals surface area contributed by atoms with Crippen LogP contribution in [0.15, 0.2) is 94.8 Å². The number of nitrogens with zero attached hydrogens (tertiary/aromatic N) is 1. The standard InChI is InChI=1S/C25H25N3O3S/c29-25(18-23(19-9-3-1-4-10-19)20-11-5-2-6-12-20)27-21-13-7-14-22(17-21)32(30,31)28-24-15-8-16-26-24/h1-7,9-14,17,23H,8,15-16,18H2,(H,26,28)(H,27,29). The van der Waals surface area contributed by atoms with Crippen molar-refractivity contribution in [2.75, 3.05) is 11.9 Å². The number of aliphatic imine (C=N–C) groups is 1. The molecule has 0 unspecified atom stereocenters. The van der Waals surface area contributed by atoms with Gasteiger partial charge in [-0.15, -0.1) is 0 Å². The lowest BCUT2D eigenvalue weighted by Crippen LogP contribution is -2.29. The van der Waals surface area contributed by atoms with Crippen molar-refractivity contribution in [2.24, 2.45) is 4.99 Å². The number of hydrogen-bond acceptors (Lipinski definition) is 4. The first-order valence-electron chi connectivity index (χ1n) is 10.6. The lowest BCUT2D eigenvalue weighted by Gasteiger charge is -2.18. The number of carbonyl (C=O) groups excluding carboxylic acids is 1. The van der Waals surface area contributed by atoms with Crippen molar-refractivity contribution in [1.29, 1.82) is 0 Å². The van der Waals surface area contributed by atoms with E-state index in [1.807, 2.05) is 60.7 Å². The third-order valence-electron chi connectivity index (χ3n) is 5.35. The van der Waals surface area contributed by atoms with Gasteiger partial charge in [-0.1, -0.05) is 66.7 Å². The van der Waals surface area contributed by atoms with E-state index >= 15 is 0 Å². The van der Waals surface area contributed by atoms with E-state index in [1.54, 1.807) is 12.1 Å². The number of sulfonamides is 1. The van der Waals surface area contributed by atoms with Crippen molar-refractivity contribution in [2.45, 2.75) is 30.1 Å². The van der Waals surface area contributed by atoms with Crippen molar-refractivity contribution >= 4 is 27.5 Å². The summed E-state index contributed by atoms with van der Waals surface area (Å²) in [5, 5.41) is 2.86. The summed E-state index contributed by atoms with van der Waals surface area (Å²) in [5.41, 5.74) is 2.53. The molecule has 0 bridgehead atoms. The van der Waals surface area contributed by atoms with E-state index in [4.69, 9.17) is 0 Å². The van der Waals surface area contributed by atoms with Crippen LogP contribution in [0.4, 0.5) is 5.69 Å². The highest BCUT2D eigenvalue weighted by Gasteiger charge is 2.20. The molecule has 7 heteroatoms. The molecule has 1 aliphatic heterocycles. The molecule has 1 aliphatic rings. The molecule has 3 aromatic carbocycles. The van der Waals surface area contributed by atoms with E-state index < -0.39 is 10.0 Å². The van der Waals surface area contributed by atoms with Crippen LogP contribution in [0.3, 0.4) is 0 Å². The summed E-state index contributed by atoms with van der Waals surface area (Å²) in [6.45, 7) is 0.637. The second-order valence-electron chi connectivity index (χ2n) is 7.69. The zero-order chi connectivity index (χ0) is 22.4. The number of anilines is 1. The van der Waals surface area contributed by atoms with Crippen LogP contribution in [0.2, 0.25) is 0 Å². The van der Waals surface area contributed by atoms with Gasteiger partial charge in [-0.05, 0) is 35.7 Å². The SMILES string of the molecule is O=C(CC(c1ccccc1)c1ccccc1)Nc1cccc(S(=O)(=O)NC2=NCCC2)c1. The van der Waals surface area contributed by atoms with Crippen molar-refractivity contribution in [3.05, 3.63) is 96.1 Å². The maximum absolute atomic E-state index is 12.9. The molecule has 0 fully saturated rings. The minimum atomic E-state index is -3.74. The van der Waals surface area contributed by atoms with Gasteiger partial charge in [0.15, 0.2) is 0 Å². The Morgan fingerprint density at radius 1 is 0.906 bits per heavy atom. The van der Waals surface area contributed by atoms with Crippen LogP contribution >= 0.6 is 0 Å². The molecule has 1 amide bonds. The molecule has 0 atom stereocenters. The maximum atomic E-state index is 12.9. The Morgan fingerprint density at radius 3 is 2.16 bits per heavy atom. The molecule has 3 aromatic rings. The van der Waals surface area contributed by atoms with Crippen LogP contribution in [0, 0.1) is 0 Å². The summed E-state index contributed by atoms with van der Waals surface area (Å²) in [5.74, 6) is 0.185. The van der Waals surface area contributed by atoms with E-state index in [2.05, 4.69) is 15.0 Å². The van der Waals surface area contributed by atoms with Crippen molar-refractivity contribution in [1.82, 2.24) is 4.72 Å². The molecule has 0 radical (unpaired) electrons. The van der Waals surface area contributed by atoms with E-state index in [-0.39, 0.29) is 23.1 Å². The summed E-state index contributed by atoms with van der Waals surface area (Å²) < 4.78 is 27.9. The maximum Gasteiger partial charge on any atom is 0.262 e. The van der Waals surface area contributed by atoms with Crippen molar-refractivity contribution in [3.63, 3.8) is 0 Å². The Bertz CT molecular complexity index is 1170. The number of nitrogens with one attached hydrogen (secondary N) is 2. The Balaban J connectivity index is 1.50. The van der Waals surface area contributed by atoms with Crippen LogP contribution < -0.4 is 10.0 Å². The van der Waals surface area contributed by atoms with Gasteiger partial charge in [0.2, 0.25) is 5.91 Å². The zero-order valence-corrected chi connectivity index (χ0v) is 18.4. The molecule has 32 heavy (non-hydrogen) atoms. The van der Waals surface area contributed by atoms with Crippen LogP contribution in [0.5, 0.6) is 0 Å². The molecule has 1 heterocycles. The Hall–Kier alpha value is -3.45. The molecule has 4 rings (SSSR count). The van der Waals surface area contributed by atoms with Crippen molar-refractivity contribution in [3.8, 4) is 0 Å². The summed E-state index contributed by atoms with van der Waals surface area (Å²) in [4.78, 5) is 17.2. The van der Waals surface area contributed by atoms with Crippen molar-refractivity contribution < 1.29 is 13.2 Å². The molecule has 0 aromatic heterocycles. The van der Waals surface area contributed by atoms with E-state index in [1.165, 1.54) is 12.1 Å². The molecular weight excluding hydrogens is 422 g/mol. The topological polar surface area (TPSA) is 87.6 Å². The minimum absolute atomic E-state index is 0.0903. The van der Waals surface area contributed by atoms with Gasteiger partial charge in [-0.2, -0.15) is 0 Å². The van der Waals surface area contributed by atoms with Gasteiger partial charge >= 0.3 is 0 Å². The zero-order valence-electron chi connectivity index (χ0n) is 17.6. The summed E-state index contributed by atoms with van der Waals surface area (Å²) >= 11 is 0. The molecule has 0 spiro atoms. The van der Waals surface area contributed by atoms with Gasteiger partial charge in [0, 0.05) is 31.0 Å². The molecule has 0 saturated carbocycles. The molecule has 164 valence electrons. The highest BCUT2D eigenvalue weighted by molar-refractivity contribution is 7.90. The van der Waals surface area contributed by atoms with Gasteiger partial charge in [0.05, 0.1) is 4.90 Å². The van der Waals surface area contributed by atoms with Crippen LogP contribution in [0.1, 0.15) is 36.3 Å². The van der Waals surface area contributed by atoms with Gasteiger partial charge < -0.3 is 5.32 Å². The predicted octanol–water partition coefficient (Wildman–Crippen LogP) is 4.32. The molecule has 2 N–H and O–H groups in total. The van der Waals surface area contributed by atoms with Gasteiger partial charge in [-0.25, -0.2) is 8.42 Å². The number of amides is 1. The van der Waals surface area contributed by atoms with Gasteiger partial charge in [-0.3, -0.25) is 14.5 Å². The summed E-state index contributed by atoms with van der Waals surface area (Å²) in [6, 6.07) is 26.0. The van der Waals surface area contributed by atoms with E-state index in [0.717, 1.165) is 17.5 Å². The Kier molecular flexibility index (Phi) is 6.66. The fraction of sp³-hybridized carbons (Fsp3) is 0.200. The number of carbonyl (C=O) groups is 1. The van der Waals surface area contributed by atoms with Crippen LogP contribution in [-0.2, 0) is 14.8 Å². The lowest BCUT2D eigenvalue weighted by atomic mass is 9.88. The first-order chi connectivity index (χ1) is 15.5. The quantitative estimate of drug-likeness (QED) is 0.565. The summed E-state index contributed by atoms with van der Waals surface area (Å²) in [6.07, 6.45) is 1.70. The largest absolute Gasteiger partial charge is 0.326 e. The molecular formula is C25H25N3O3S. The monoisotopic (exact) mass is 447 g/mol. The van der Waals surface area contributed by atoms with Crippen LogP contribution in [-0.4, -0.2) is 26.7 Å². The number of hydrogen-bond donors (Lipinski definition) is 2. The van der Waals surface area contributed by atoms with Gasteiger partial charge in [0.25, 0.3) is 10.0 Å². The molecule has 6 nitrogen and oxygen atoms in total. The number of benzene rings is 3. The average molecular weight is 448 g/mol. The fourth-order valence-corrected chi connectivity index (χ4v) is 4.91.